The molecule has 1 atom stereocenters. The van der Waals surface area contributed by atoms with Gasteiger partial charge in [0, 0.05) is 45.1 Å². The zero-order valence-corrected chi connectivity index (χ0v) is 16.4. The quantitative estimate of drug-likeness (QED) is 0.529. The lowest BCUT2D eigenvalue weighted by Gasteiger charge is -2.36. The molecular formula is C19H31N5O4. The molecule has 9 heteroatoms. The molecule has 1 aliphatic carbocycles. The summed E-state index contributed by atoms with van der Waals surface area (Å²) in [6, 6.07) is -0.434. The number of hydrogen-bond donors (Lipinski definition) is 3. The van der Waals surface area contributed by atoms with E-state index in [0.717, 1.165) is 32.1 Å². The molecule has 0 bridgehead atoms. The van der Waals surface area contributed by atoms with E-state index >= 15 is 0 Å². The second-order valence-corrected chi connectivity index (χ2v) is 8.01. The highest BCUT2D eigenvalue weighted by molar-refractivity contribution is 6.07. The monoisotopic (exact) mass is 393 g/mol. The molecule has 2 aliphatic heterocycles. The summed E-state index contributed by atoms with van der Waals surface area (Å²) < 4.78 is 0. The van der Waals surface area contributed by atoms with Crippen molar-refractivity contribution in [1.29, 1.82) is 0 Å². The van der Waals surface area contributed by atoms with E-state index in [0.29, 0.717) is 32.5 Å². The number of nitrogens with two attached hydrogens (primary N) is 1. The maximum atomic E-state index is 12.8. The van der Waals surface area contributed by atoms with Crippen molar-refractivity contribution in [1.82, 2.24) is 20.4 Å². The van der Waals surface area contributed by atoms with Crippen molar-refractivity contribution in [2.45, 2.75) is 69.4 Å². The van der Waals surface area contributed by atoms with E-state index in [9.17, 15) is 19.2 Å². The number of carbonyl (C=O) groups excluding carboxylic acids is 4. The predicted molar refractivity (Wildman–Crippen MR) is 102 cm³/mol. The summed E-state index contributed by atoms with van der Waals surface area (Å²) in [7, 11) is 0. The van der Waals surface area contributed by atoms with Crippen molar-refractivity contribution in [3.05, 3.63) is 0 Å². The van der Waals surface area contributed by atoms with Crippen LogP contribution in [0.15, 0.2) is 0 Å². The van der Waals surface area contributed by atoms with Crippen LogP contribution in [0.4, 0.5) is 4.79 Å². The van der Waals surface area contributed by atoms with Gasteiger partial charge >= 0.3 is 6.03 Å². The fourth-order valence-corrected chi connectivity index (χ4v) is 4.54. The Labute approximate surface area is 165 Å². The molecule has 1 unspecified atom stereocenters. The van der Waals surface area contributed by atoms with Gasteiger partial charge < -0.3 is 21.3 Å². The molecule has 3 rings (SSSR count). The highest BCUT2D eigenvalue weighted by Gasteiger charge is 2.52. The van der Waals surface area contributed by atoms with Crippen molar-refractivity contribution in [2.75, 3.05) is 26.2 Å². The number of imide groups is 1. The summed E-state index contributed by atoms with van der Waals surface area (Å²) in [4.78, 5) is 52.4. The lowest BCUT2D eigenvalue weighted by Crippen LogP contribution is -2.50. The van der Waals surface area contributed by atoms with Crippen LogP contribution in [0, 0.1) is 0 Å². The van der Waals surface area contributed by atoms with Crippen LogP contribution in [0.1, 0.15) is 57.8 Å². The number of amides is 5. The summed E-state index contributed by atoms with van der Waals surface area (Å²) in [6.45, 7) is 1.46. The van der Waals surface area contributed by atoms with Gasteiger partial charge in [0.1, 0.15) is 5.54 Å². The molecule has 5 amide bonds. The molecule has 9 nitrogen and oxygen atoms in total. The van der Waals surface area contributed by atoms with Crippen molar-refractivity contribution in [3.8, 4) is 0 Å². The van der Waals surface area contributed by atoms with Gasteiger partial charge in [-0.3, -0.25) is 19.3 Å². The fourth-order valence-electron chi connectivity index (χ4n) is 4.54. The maximum Gasteiger partial charge on any atom is 0.325 e. The number of carbonyl (C=O) groups is 4. The van der Waals surface area contributed by atoms with Crippen LogP contribution in [0.25, 0.3) is 0 Å². The minimum Gasteiger partial charge on any atom is -0.354 e. The van der Waals surface area contributed by atoms with E-state index in [1.165, 1.54) is 4.90 Å². The molecule has 3 fully saturated rings. The Bertz CT molecular complexity index is 632. The van der Waals surface area contributed by atoms with Crippen LogP contribution in [0.5, 0.6) is 0 Å². The van der Waals surface area contributed by atoms with Gasteiger partial charge in [0.15, 0.2) is 0 Å². The maximum absolute atomic E-state index is 12.8. The van der Waals surface area contributed by atoms with Crippen LogP contribution in [0.2, 0.25) is 0 Å². The molecule has 4 N–H and O–H groups in total. The highest BCUT2D eigenvalue weighted by Crippen LogP contribution is 2.35. The Morgan fingerprint density at radius 3 is 2.61 bits per heavy atom. The molecular weight excluding hydrogens is 362 g/mol. The third-order valence-corrected chi connectivity index (χ3v) is 6.11. The summed E-state index contributed by atoms with van der Waals surface area (Å²) in [5, 5.41) is 5.68. The average Bonchev–Trinajstić information content (AvgIpc) is 3.24. The van der Waals surface area contributed by atoms with Gasteiger partial charge in [-0.05, 0) is 32.1 Å². The lowest BCUT2D eigenvalue weighted by molar-refractivity contribution is -0.136. The lowest BCUT2D eigenvalue weighted by atomic mass is 9.98. The SMILES string of the molecule is NCCC(=O)NCC1CCCCN1C(=O)CCN1C(=O)NC2(CCCC2)C1=O. The second kappa shape index (κ2) is 8.89. The molecule has 0 aromatic carbocycles. The molecule has 28 heavy (non-hydrogen) atoms. The van der Waals surface area contributed by atoms with Crippen LogP contribution >= 0.6 is 0 Å². The van der Waals surface area contributed by atoms with Crippen molar-refractivity contribution in [3.63, 3.8) is 0 Å². The van der Waals surface area contributed by atoms with Gasteiger partial charge in [-0.15, -0.1) is 0 Å². The summed E-state index contributed by atoms with van der Waals surface area (Å²) in [6.07, 6.45) is 6.38. The van der Waals surface area contributed by atoms with Crippen LogP contribution in [-0.4, -0.2) is 71.3 Å². The minimum absolute atomic E-state index is 0.0488. The number of rotatable bonds is 7. The number of piperidine rings is 1. The first-order valence-electron chi connectivity index (χ1n) is 10.4. The largest absolute Gasteiger partial charge is 0.354 e. The first-order valence-corrected chi connectivity index (χ1v) is 10.4. The average molecular weight is 393 g/mol. The third-order valence-electron chi connectivity index (χ3n) is 6.11. The Hall–Kier alpha value is -2.16. The van der Waals surface area contributed by atoms with Gasteiger partial charge in [0.2, 0.25) is 11.8 Å². The Morgan fingerprint density at radius 2 is 1.89 bits per heavy atom. The van der Waals surface area contributed by atoms with Gasteiger partial charge in [0.05, 0.1) is 0 Å². The molecule has 0 aromatic heterocycles. The third kappa shape index (κ3) is 4.29. The minimum atomic E-state index is -0.735. The Kier molecular flexibility index (Phi) is 6.53. The molecule has 0 radical (unpaired) electrons. The molecule has 156 valence electrons. The Balaban J connectivity index is 1.53. The fraction of sp³-hybridized carbons (Fsp3) is 0.789. The summed E-state index contributed by atoms with van der Waals surface area (Å²) >= 11 is 0. The summed E-state index contributed by atoms with van der Waals surface area (Å²) in [5.41, 5.74) is 4.65. The van der Waals surface area contributed by atoms with E-state index < -0.39 is 5.54 Å². The number of nitrogens with zero attached hydrogens (tertiary/aromatic N) is 2. The molecule has 1 saturated carbocycles. The van der Waals surface area contributed by atoms with Crippen LogP contribution < -0.4 is 16.4 Å². The smallest absolute Gasteiger partial charge is 0.325 e. The van der Waals surface area contributed by atoms with Crippen LogP contribution in [-0.2, 0) is 14.4 Å². The standard InChI is InChI=1S/C19H31N5O4/c20-10-6-15(25)21-13-14-5-1-4-11-23(14)16(26)7-12-24-17(27)19(22-18(24)28)8-2-3-9-19/h14H,1-13,20H2,(H,21,25)(H,22,28). The molecule has 3 aliphatic rings. The molecule has 0 aromatic rings. The van der Waals surface area contributed by atoms with Crippen LogP contribution in [0.3, 0.4) is 0 Å². The number of nitrogens with one attached hydrogen (secondary N) is 2. The number of urea groups is 1. The highest BCUT2D eigenvalue weighted by atomic mass is 16.2. The van der Waals surface area contributed by atoms with Crippen molar-refractivity contribution >= 4 is 23.8 Å². The summed E-state index contributed by atoms with van der Waals surface area (Å²) in [5.74, 6) is -0.376. The van der Waals surface area contributed by atoms with E-state index in [-0.39, 0.29) is 49.2 Å². The molecule has 2 heterocycles. The van der Waals surface area contributed by atoms with Gasteiger partial charge in [-0.2, -0.15) is 0 Å². The van der Waals surface area contributed by atoms with Gasteiger partial charge in [-0.1, -0.05) is 12.8 Å². The van der Waals surface area contributed by atoms with E-state index in [4.69, 9.17) is 5.73 Å². The van der Waals surface area contributed by atoms with E-state index in [2.05, 4.69) is 10.6 Å². The molecule has 2 saturated heterocycles. The molecule has 1 spiro atoms. The second-order valence-electron chi connectivity index (χ2n) is 8.01. The first kappa shape index (κ1) is 20.6. The Morgan fingerprint density at radius 1 is 1.14 bits per heavy atom. The topological polar surface area (TPSA) is 125 Å². The van der Waals surface area contributed by atoms with E-state index in [1.54, 1.807) is 4.90 Å². The predicted octanol–water partition coefficient (Wildman–Crippen LogP) is 0.0872. The van der Waals surface area contributed by atoms with Crippen molar-refractivity contribution < 1.29 is 19.2 Å². The van der Waals surface area contributed by atoms with E-state index in [1.807, 2.05) is 0 Å². The first-order chi connectivity index (χ1) is 13.5. The number of likely N-dealkylation sites (tertiary alicyclic amines) is 1. The normalized spacial score (nSPS) is 24.0. The zero-order valence-electron chi connectivity index (χ0n) is 16.4. The van der Waals surface area contributed by atoms with Crippen molar-refractivity contribution in [2.24, 2.45) is 5.73 Å². The van der Waals surface area contributed by atoms with Gasteiger partial charge in [-0.25, -0.2) is 4.79 Å². The van der Waals surface area contributed by atoms with Gasteiger partial charge in [0.25, 0.3) is 5.91 Å². The zero-order chi connectivity index (χ0) is 20.1. The number of hydrogen-bond acceptors (Lipinski definition) is 5.